The molecule has 1 amide bonds. The van der Waals surface area contributed by atoms with Gasteiger partial charge in [-0.1, -0.05) is 35.5 Å². The molecule has 1 aliphatic carbocycles. The van der Waals surface area contributed by atoms with Crippen LogP contribution < -0.4 is 10.6 Å². The van der Waals surface area contributed by atoms with Crippen LogP contribution in [0.4, 0.5) is 0 Å². The first-order valence-corrected chi connectivity index (χ1v) is 15.1. The van der Waals surface area contributed by atoms with E-state index in [9.17, 15) is 13.2 Å². The minimum atomic E-state index is -3.53. The third kappa shape index (κ3) is 5.21. The number of amides is 1. The van der Waals surface area contributed by atoms with E-state index < -0.39 is 10.2 Å². The molecule has 0 radical (unpaired) electrons. The number of piperidine rings is 2. The van der Waals surface area contributed by atoms with E-state index in [0.717, 1.165) is 44.3 Å². The van der Waals surface area contributed by atoms with Gasteiger partial charge in [0.1, 0.15) is 5.76 Å². The van der Waals surface area contributed by atoms with Crippen molar-refractivity contribution < 1.29 is 17.7 Å². The maximum Gasteiger partial charge on any atom is 0.282 e. The summed E-state index contributed by atoms with van der Waals surface area (Å²) < 4.78 is 36.2. The van der Waals surface area contributed by atoms with Crippen LogP contribution in [0, 0.1) is 0 Å². The summed E-state index contributed by atoms with van der Waals surface area (Å²) in [7, 11) is -3.53. The molecule has 37 heavy (non-hydrogen) atoms. The lowest BCUT2D eigenvalue weighted by molar-refractivity contribution is 0.0897. The van der Waals surface area contributed by atoms with Gasteiger partial charge in [-0.15, -0.1) is 0 Å². The first-order valence-electron chi connectivity index (χ1n) is 13.8. The Morgan fingerprint density at radius 3 is 2.32 bits per heavy atom. The van der Waals surface area contributed by atoms with Crippen molar-refractivity contribution in [2.45, 2.75) is 94.4 Å². The highest BCUT2D eigenvalue weighted by molar-refractivity contribution is 7.86. The van der Waals surface area contributed by atoms with Gasteiger partial charge in [-0.2, -0.15) is 17.0 Å². The number of nitrogens with one attached hydrogen (secondary N) is 2. The van der Waals surface area contributed by atoms with Gasteiger partial charge in [0.25, 0.3) is 16.1 Å². The fourth-order valence-corrected chi connectivity index (χ4v) is 8.50. The third-order valence-electron chi connectivity index (χ3n) is 8.57. The minimum Gasteiger partial charge on any atom is -0.360 e. The first kappa shape index (κ1) is 25.0. The molecule has 3 saturated heterocycles. The molecule has 2 N–H and O–H groups in total. The maximum atomic E-state index is 13.7. The molecule has 6 rings (SSSR count). The number of carbonyl (C=O) groups is 1. The standard InChI is InChI=1S/C27H37N5O4S/c1-18(19-5-3-2-4-6-19)28-21-11-13-31(14-12-21)37(34,35)32-23-9-10-24(32)16-22(15-23)29-27(33)25-17-26(36-30-25)20-7-8-20/h2-6,17-18,20-24,28H,7-16H2,1H3,(H,29,33)/t18-,22?,23-,24+/m0/s1. The summed E-state index contributed by atoms with van der Waals surface area (Å²) in [4.78, 5) is 12.7. The van der Waals surface area contributed by atoms with E-state index in [1.807, 2.05) is 18.2 Å². The number of carbonyl (C=O) groups excluding carboxylic acids is 1. The van der Waals surface area contributed by atoms with E-state index in [1.54, 1.807) is 14.7 Å². The summed E-state index contributed by atoms with van der Waals surface area (Å²) in [5.74, 6) is 0.974. The van der Waals surface area contributed by atoms with Crippen LogP contribution >= 0.6 is 0 Å². The zero-order valence-corrected chi connectivity index (χ0v) is 22.2. The third-order valence-corrected chi connectivity index (χ3v) is 10.7. The van der Waals surface area contributed by atoms with Crippen molar-refractivity contribution in [3.05, 3.63) is 53.4 Å². The number of aromatic nitrogens is 1. The van der Waals surface area contributed by atoms with Crippen molar-refractivity contribution in [1.82, 2.24) is 24.4 Å². The van der Waals surface area contributed by atoms with Crippen molar-refractivity contribution in [1.29, 1.82) is 0 Å². The molecule has 4 fully saturated rings. The van der Waals surface area contributed by atoms with Gasteiger partial charge < -0.3 is 15.2 Å². The lowest BCUT2D eigenvalue weighted by Crippen LogP contribution is -2.57. The van der Waals surface area contributed by atoms with Crippen molar-refractivity contribution in [3.8, 4) is 0 Å². The predicted molar refractivity (Wildman–Crippen MR) is 139 cm³/mol. The smallest absolute Gasteiger partial charge is 0.282 e. The van der Waals surface area contributed by atoms with Crippen molar-refractivity contribution in [3.63, 3.8) is 0 Å². The Balaban J connectivity index is 1.03. The molecule has 1 aromatic heterocycles. The van der Waals surface area contributed by atoms with Gasteiger partial charge in [0.05, 0.1) is 0 Å². The Hall–Kier alpha value is -2.27. The summed E-state index contributed by atoms with van der Waals surface area (Å²) in [6, 6.07) is 12.5. The molecule has 4 heterocycles. The van der Waals surface area contributed by atoms with Crippen molar-refractivity contribution in [2.24, 2.45) is 0 Å². The molecule has 10 heteroatoms. The average molecular weight is 528 g/mol. The normalized spacial score (nSPS) is 28.3. The van der Waals surface area contributed by atoms with E-state index in [0.29, 0.717) is 43.6 Å². The van der Waals surface area contributed by atoms with E-state index >= 15 is 0 Å². The van der Waals surface area contributed by atoms with Gasteiger partial charge >= 0.3 is 0 Å². The van der Waals surface area contributed by atoms with E-state index in [2.05, 4.69) is 34.8 Å². The zero-order chi connectivity index (χ0) is 25.6. The minimum absolute atomic E-state index is 0.0491. The highest BCUT2D eigenvalue weighted by Crippen LogP contribution is 2.41. The monoisotopic (exact) mass is 527 g/mol. The fourth-order valence-electron chi connectivity index (χ4n) is 6.42. The Bertz CT molecular complexity index is 1190. The highest BCUT2D eigenvalue weighted by atomic mass is 32.2. The second-order valence-corrected chi connectivity index (χ2v) is 13.1. The van der Waals surface area contributed by atoms with E-state index in [1.165, 1.54) is 5.56 Å². The SMILES string of the molecule is C[C@H](NC1CCN(S(=O)(=O)N2[C@@H]3CC[C@H]2CC(NC(=O)c2cc(C4CC4)on2)C3)CC1)c1ccccc1. The number of rotatable bonds is 8. The largest absolute Gasteiger partial charge is 0.360 e. The second-order valence-electron chi connectivity index (χ2n) is 11.2. The van der Waals surface area contributed by atoms with Crippen LogP contribution in [0.15, 0.2) is 40.9 Å². The van der Waals surface area contributed by atoms with E-state index in [-0.39, 0.29) is 30.1 Å². The first-order chi connectivity index (χ1) is 17.9. The van der Waals surface area contributed by atoms with Crippen LogP contribution in [0.1, 0.15) is 92.1 Å². The second kappa shape index (κ2) is 10.1. The molecule has 3 aliphatic heterocycles. The number of hydrogen-bond acceptors (Lipinski definition) is 6. The van der Waals surface area contributed by atoms with Crippen LogP contribution in [0.25, 0.3) is 0 Å². The average Bonchev–Trinajstić information content (AvgIpc) is 3.55. The van der Waals surface area contributed by atoms with Gasteiger partial charge in [0.2, 0.25) is 0 Å². The van der Waals surface area contributed by atoms with Gasteiger partial charge in [0.15, 0.2) is 5.69 Å². The fraction of sp³-hybridized carbons (Fsp3) is 0.630. The molecule has 4 aliphatic rings. The van der Waals surface area contributed by atoms with Gasteiger partial charge in [-0.25, -0.2) is 0 Å². The Morgan fingerprint density at radius 1 is 1.00 bits per heavy atom. The number of hydrogen-bond donors (Lipinski definition) is 2. The Labute approximate surface area is 219 Å². The topological polar surface area (TPSA) is 108 Å². The molecule has 0 spiro atoms. The molecule has 2 aromatic rings. The number of nitrogens with zero attached hydrogens (tertiary/aromatic N) is 3. The van der Waals surface area contributed by atoms with Crippen LogP contribution in [0.5, 0.6) is 0 Å². The lowest BCUT2D eigenvalue weighted by Gasteiger charge is -2.42. The van der Waals surface area contributed by atoms with Crippen LogP contribution in [0.2, 0.25) is 0 Å². The van der Waals surface area contributed by atoms with Crippen LogP contribution in [-0.2, 0) is 10.2 Å². The molecule has 1 aromatic carbocycles. The summed E-state index contributed by atoms with van der Waals surface area (Å²) in [5.41, 5.74) is 1.57. The Kier molecular flexibility index (Phi) is 6.85. The molecular formula is C27H37N5O4S. The zero-order valence-electron chi connectivity index (χ0n) is 21.4. The van der Waals surface area contributed by atoms with Gasteiger partial charge in [0, 0.05) is 55.3 Å². The van der Waals surface area contributed by atoms with Crippen molar-refractivity contribution >= 4 is 16.1 Å². The number of benzene rings is 1. The Morgan fingerprint density at radius 2 is 1.68 bits per heavy atom. The predicted octanol–water partition coefficient (Wildman–Crippen LogP) is 3.34. The molecule has 9 nitrogen and oxygen atoms in total. The molecule has 2 bridgehead atoms. The molecule has 200 valence electrons. The summed E-state index contributed by atoms with van der Waals surface area (Å²) in [6.07, 6.45) is 6.76. The summed E-state index contributed by atoms with van der Waals surface area (Å²) in [6.45, 7) is 3.23. The van der Waals surface area contributed by atoms with Gasteiger partial charge in [-0.05, 0) is 63.9 Å². The summed E-state index contributed by atoms with van der Waals surface area (Å²) >= 11 is 0. The van der Waals surface area contributed by atoms with E-state index in [4.69, 9.17) is 4.52 Å². The summed E-state index contributed by atoms with van der Waals surface area (Å²) in [5, 5.41) is 10.7. The van der Waals surface area contributed by atoms with Crippen LogP contribution in [-0.4, -0.2) is 65.3 Å². The quantitative estimate of drug-likeness (QED) is 0.545. The maximum absolute atomic E-state index is 13.7. The lowest BCUT2D eigenvalue weighted by atomic mass is 9.99. The highest BCUT2D eigenvalue weighted by Gasteiger charge is 2.49. The van der Waals surface area contributed by atoms with Gasteiger partial charge in [-0.3, -0.25) is 4.79 Å². The molecule has 1 saturated carbocycles. The molecule has 4 atom stereocenters. The molecular weight excluding hydrogens is 490 g/mol. The number of fused-ring (bicyclic) bond motifs is 2. The molecule has 1 unspecified atom stereocenters. The van der Waals surface area contributed by atoms with Crippen LogP contribution in [0.3, 0.4) is 0 Å². The van der Waals surface area contributed by atoms with Crippen molar-refractivity contribution in [2.75, 3.05) is 13.1 Å².